The lowest BCUT2D eigenvalue weighted by molar-refractivity contribution is -0.384. The summed E-state index contributed by atoms with van der Waals surface area (Å²) >= 11 is 3.15. The number of carbonyl (C=O) groups excluding carboxylic acids is 2. The van der Waals surface area contributed by atoms with Crippen LogP contribution in [0.2, 0.25) is 0 Å². The monoisotopic (exact) mass is 420 g/mol. The number of esters is 1. The molecule has 8 nitrogen and oxygen atoms in total. The van der Waals surface area contributed by atoms with Crippen molar-refractivity contribution >= 4 is 39.2 Å². The molecule has 0 bridgehead atoms. The number of hydrogen-bond acceptors (Lipinski definition) is 6. The van der Waals surface area contributed by atoms with Crippen molar-refractivity contribution in [2.75, 3.05) is 18.5 Å². The van der Waals surface area contributed by atoms with Gasteiger partial charge in [-0.05, 0) is 45.8 Å². The lowest BCUT2D eigenvalue weighted by atomic mass is 10.1. The third-order valence-electron chi connectivity index (χ3n) is 3.70. The van der Waals surface area contributed by atoms with E-state index in [0.29, 0.717) is 22.3 Å². The number of carbonyl (C=O) groups is 2. The Bertz CT molecular complexity index is 899. The molecule has 1 amide bonds. The maximum absolute atomic E-state index is 12.1. The van der Waals surface area contributed by atoms with Crippen molar-refractivity contribution in [1.82, 2.24) is 0 Å². The maximum atomic E-state index is 12.1. The van der Waals surface area contributed by atoms with Crippen molar-refractivity contribution < 1.29 is 24.0 Å². The van der Waals surface area contributed by atoms with Crippen LogP contribution in [0, 0.1) is 10.1 Å². The average molecular weight is 421 g/mol. The van der Waals surface area contributed by atoms with E-state index in [1.165, 1.54) is 18.2 Å². The fourth-order valence-electron chi connectivity index (χ4n) is 2.43. The SMILES string of the molecule is O=C(COC(=O)c1ccc2c(c1)CCO2)Nc1ccc([N+](=O)[O-])cc1Br. The molecule has 0 fully saturated rings. The maximum Gasteiger partial charge on any atom is 0.338 e. The molecule has 0 radical (unpaired) electrons. The Hall–Kier alpha value is -2.94. The predicted octanol–water partition coefficient (Wildman–Crippen LogP) is 3.09. The molecule has 0 atom stereocenters. The average Bonchev–Trinajstić information content (AvgIpc) is 3.09. The Morgan fingerprint density at radius 3 is 2.81 bits per heavy atom. The highest BCUT2D eigenvalue weighted by molar-refractivity contribution is 9.10. The Morgan fingerprint density at radius 2 is 2.08 bits per heavy atom. The zero-order chi connectivity index (χ0) is 18.7. The summed E-state index contributed by atoms with van der Waals surface area (Å²) in [5.41, 5.74) is 1.51. The predicted molar refractivity (Wildman–Crippen MR) is 95.3 cm³/mol. The van der Waals surface area contributed by atoms with Gasteiger partial charge in [-0.3, -0.25) is 14.9 Å². The topological polar surface area (TPSA) is 108 Å². The molecule has 0 spiro atoms. The molecule has 1 aliphatic rings. The van der Waals surface area contributed by atoms with Crippen LogP contribution in [0.1, 0.15) is 15.9 Å². The van der Waals surface area contributed by atoms with E-state index in [-0.39, 0.29) is 5.69 Å². The summed E-state index contributed by atoms with van der Waals surface area (Å²) in [4.78, 5) is 34.2. The van der Waals surface area contributed by atoms with E-state index in [0.717, 1.165) is 17.7 Å². The number of nitro benzene ring substituents is 1. The number of nitro groups is 1. The molecule has 1 heterocycles. The van der Waals surface area contributed by atoms with E-state index in [1.54, 1.807) is 18.2 Å². The Morgan fingerprint density at radius 1 is 1.27 bits per heavy atom. The highest BCUT2D eigenvalue weighted by Gasteiger charge is 2.17. The van der Waals surface area contributed by atoms with E-state index >= 15 is 0 Å². The number of ether oxygens (including phenoxy) is 2. The van der Waals surface area contributed by atoms with Gasteiger partial charge in [-0.2, -0.15) is 0 Å². The molecule has 0 aromatic heterocycles. The van der Waals surface area contributed by atoms with Gasteiger partial charge in [0.05, 0.1) is 22.8 Å². The number of fused-ring (bicyclic) bond motifs is 1. The second kappa shape index (κ2) is 7.52. The van der Waals surface area contributed by atoms with Crippen LogP contribution in [0.5, 0.6) is 5.75 Å². The van der Waals surface area contributed by atoms with Crippen molar-refractivity contribution in [3.8, 4) is 5.75 Å². The van der Waals surface area contributed by atoms with E-state index in [2.05, 4.69) is 21.2 Å². The summed E-state index contributed by atoms with van der Waals surface area (Å²) < 4.78 is 10.7. The molecule has 2 aromatic rings. The lowest BCUT2D eigenvalue weighted by Crippen LogP contribution is -2.21. The molecule has 0 aliphatic carbocycles. The van der Waals surface area contributed by atoms with Crippen LogP contribution >= 0.6 is 15.9 Å². The summed E-state index contributed by atoms with van der Waals surface area (Å²) in [5, 5.41) is 13.2. The first-order valence-electron chi connectivity index (χ1n) is 7.60. The first-order valence-corrected chi connectivity index (χ1v) is 8.40. The second-order valence-corrected chi connectivity index (χ2v) is 6.32. The molecular formula is C17H13BrN2O6. The molecule has 134 valence electrons. The molecular weight excluding hydrogens is 408 g/mol. The third-order valence-corrected chi connectivity index (χ3v) is 4.35. The number of nitrogens with one attached hydrogen (secondary N) is 1. The molecule has 2 aromatic carbocycles. The fraction of sp³-hybridized carbons (Fsp3) is 0.176. The molecule has 0 saturated carbocycles. The summed E-state index contributed by atoms with van der Waals surface area (Å²) in [7, 11) is 0. The van der Waals surface area contributed by atoms with Crippen molar-refractivity contribution in [2.24, 2.45) is 0 Å². The quantitative estimate of drug-likeness (QED) is 0.452. The number of rotatable bonds is 5. The smallest absolute Gasteiger partial charge is 0.338 e. The van der Waals surface area contributed by atoms with Gasteiger partial charge in [0.15, 0.2) is 6.61 Å². The number of anilines is 1. The highest BCUT2D eigenvalue weighted by Crippen LogP contribution is 2.27. The minimum absolute atomic E-state index is 0.109. The molecule has 0 unspecified atom stereocenters. The van der Waals surface area contributed by atoms with Crippen molar-refractivity contribution in [3.63, 3.8) is 0 Å². The molecule has 1 N–H and O–H groups in total. The van der Waals surface area contributed by atoms with Crippen LogP contribution in [-0.2, 0) is 16.0 Å². The molecule has 9 heteroatoms. The first-order chi connectivity index (χ1) is 12.4. The van der Waals surface area contributed by atoms with E-state index < -0.39 is 23.4 Å². The van der Waals surface area contributed by atoms with Crippen LogP contribution < -0.4 is 10.1 Å². The number of benzene rings is 2. The van der Waals surface area contributed by atoms with Gasteiger partial charge in [0.2, 0.25) is 0 Å². The Labute approximate surface area is 156 Å². The summed E-state index contributed by atoms with van der Waals surface area (Å²) in [6, 6.07) is 8.90. The van der Waals surface area contributed by atoms with Crippen LogP contribution in [0.4, 0.5) is 11.4 Å². The second-order valence-electron chi connectivity index (χ2n) is 5.47. The molecule has 0 saturated heterocycles. The summed E-state index contributed by atoms with van der Waals surface area (Å²) in [6.07, 6.45) is 0.727. The van der Waals surface area contributed by atoms with Crippen LogP contribution in [0.3, 0.4) is 0 Å². The van der Waals surface area contributed by atoms with Gasteiger partial charge in [0, 0.05) is 23.0 Å². The highest BCUT2D eigenvalue weighted by atomic mass is 79.9. The van der Waals surface area contributed by atoms with E-state index in [1.807, 2.05) is 0 Å². The molecule has 1 aliphatic heterocycles. The van der Waals surface area contributed by atoms with Crippen molar-refractivity contribution in [2.45, 2.75) is 6.42 Å². The number of nitrogens with zero attached hydrogens (tertiary/aromatic N) is 1. The summed E-state index contributed by atoms with van der Waals surface area (Å²) in [5.74, 6) is -0.419. The minimum atomic E-state index is -0.613. The normalized spacial score (nSPS) is 12.0. The fourth-order valence-corrected chi connectivity index (χ4v) is 2.90. The number of hydrogen-bond donors (Lipinski definition) is 1. The van der Waals surface area contributed by atoms with Gasteiger partial charge in [-0.25, -0.2) is 4.79 Å². The largest absolute Gasteiger partial charge is 0.493 e. The van der Waals surface area contributed by atoms with Crippen molar-refractivity contribution in [3.05, 3.63) is 62.1 Å². The molecule has 26 heavy (non-hydrogen) atoms. The van der Waals surface area contributed by atoms with Crippen LogP contribution in [0.25, 0.3) is 0 Å². The molecule has 3 rings (SSSR count). The van der Waals surface area contributed by atoms with Gasteiger partial charge in [0.1, 0.15) is 5.75 Å². The number of non-ortho nitro benzene ring substituents is 1. The Balaban J connectivity index is 1.57. The van der Waals surface area contributed by atoms with E-state index in [9.17, 15) is 19.7 Å². The van der Waals surface area contributed by atoms with Gasteiger partial charge >= 0.3 is 5.97 Å². The number of amides is 1. The van der Waals surface area contributed by atoms with Crippen LogP contribution in [0.15, 0.2) is 40.9 Å². The third kappa shape index (κ3) is 3.99. The van der Waals surface area contributed by atoms with Crippen LogP contribution in [-0.4, -0.2) is 30.0 Å². The van der Waals surface area contributed by atoms with Gasteiger partial charge in [-0.1, -0.05) is 0 Å². The van der Waals surface area contributed by atoms with Crippen molar-refractivity contribution in [1.29, 1.82) is 0 Å². The van der Waals surface area contributed by atoms with Gasteiger partial charge in [-0.15, -0.1) is 0 Å². The lowest BCUT2D eigenvalue weighted by Gasteiger charge is -2.08. The minimum Gasteiger partial charge on any atom is -0.493 e. The van der Waals surface area contributed by atoms with E-state index in [4.69, 9.17) is 9.47 Å². The Kier molecular flexibility index (Phi) is 5.17. The standard InChI is InChI=1S/C17H13BrN2O6/c18-13-8-12(20(23)24)2-3-14(13)19-16(21)9-26-17(22)11-1-4-15-10(7-11)5-6-25-15/h1-4,7-8H,5-6,9H2,(H,19,21). The zero-order valence-electron chi connectivity index (χ0n) is 13.4. The zero-order valence-corrected chi connectivity index (χ0v) is 14.9. The first kappa shape index (κ1) is 17.9. The van der Waals surface area contributed by atoms with Gasteiger partial charge < -0.3 is 14.8 Å². The van der Waals surface area contributed by atoms with Gasteiger partial charge in [0.25, 0.3) is 11.6 Å². The number of halogens is 1. The summed E-state index contributed by atoms with van der Waals surface area (Å²) in [6.45, 7) is 0.107.